The van der Waals surface area contributed by atoms with Gasteiger partial charge in [0.15, 0.2) is 0 Å². The average molecular weight is 211 g/mol. The maximum Gasteiger partial charge on any atom is 0.237 e. The molecule has 2 N–H and O–H groups in total. The number of hydrogen-bond donors (Lipinski definition) is 2. The fraction of sp³-hybridized carbons (Fsp3) is 0.909. The molecule has 0 aromatic heterocycles. The summed E-state index contributed by atoms with van der Waals surface area (Å²) < 4.78 is 0. The van der Waals surface area contributed by atoms with E-state index >= 15 is 0 Å². The number of rotatable bonds is 3. The topological polar surface area (TPSA) is 44.4 Å². The lowest BCUT2D eigenvalue weighted by atomic mass is 10.1. The molecule has 0 aromatic carbocycles. The molecule has 2 fully saturated rings. The third kappa shape index (κ3) is 2.49. The molecule has 2 unspecified atom stereocenters. The van der Waals surface area contributed by atoms with Gasteiger partial charge in [-0.3, -0.25) is 9.69 Å². The highest BCUT2D eigenvalue weighted by atomic mass is 16.2. The Bertz CT molecular complexity index is 226. The van der Waals surface area contributed by atoms with Crippen molar-refractivity contribution in [3.05, 3.63) is 0 Å². The summed E-state index contributed by atoms with van der Waals surface area (Å²) in [5.74, 6) is 0.186. The molecule has 1 amide bonds. The van der Waals surface area contributed by atoms with Gasteiger partial charge in [0.05, 0.1) is 6.04 Å². The lowest BCUT2D eigenvalue weighted by molar-refractivity contribution is -0.125. The van der Waals surface area contributed by atoms with Crippen molar-refractivity contribution < 1.29 is 4.79 Å². The summed E-state index contributed by atoms with van der Waals surface area (Å²) in [7, 11) is 1.73. The summed E-state index contributed by atoms with van der Waals surface area (Å²) in [6, 6.07) is 0.729. The molecule has 4 nitrogen and oxygen atoms in total. The molecule has 2 heterocycles. The van der Waals surface area contributed by atoms with Gasteiger partial charge in [-0.05, 0) is 38.8 Å². The second-order valence-electron chi connectivity index (χ2n) is 4.56. The van der Waals surface area contributed by atoms with E-state index in [1.54, 1.807) is 7.05 Å². The number of likely N-dealkylation sites (N-methyl/N-ethyl adjacent to an activating group) is 1. The molecule has 0 radical (unpaired) electrons. The van der Waals surface area contributed by atoms with Crippen molar-refractivity contribution in [1.82, 2.24) is 15.5 Å². The summed E-state index contributed by atoms with van der Waals surface area (Å²) in [6.07, 6.45) is 4.72. The predicted octanol–water partition coefficient (Wildman–Crippen LogP) is -0.0512. The third-order valence-corrected chi connectivity index (χ3v) is 3.53. The fourth-order valence-electron chi connectivity index (χ4n) is 2.70. The first-order valence-electron chi connectivity index (χ1n) is 6.00. The number of carbonyl (C=O) groups excluding carboxylic acids is 1. The van der Waals surface area contributed by atoms with E-state index in [9.17, 15) is 4.79 Å². The fourth-order valence-corrected chi connectivity index (χ4v) is 2.70. The molecule has 0 saturated carbocycles. The van der Waals surface area contributed by atoms with Crippen LogP contribution in [0.1, 0.15) is 25.7 Å². The van der Waals surface area contributed by atoms with Gasteiger partial charge < -0.3 is 10.6 Å². The molecule has 0 spiro atoms. The van der Waals surface area contributed by atoms with Crippen molar-refractivity contribution >= 4 is 5.91 Å². The molecule has 2 rings (SSSR count). The van der Waals surface area contributed by atoms with Crippen molar-refractivity contribution in [1.29, 1.82) is 0 Å². The molecule has 0 aromatic rings. The lowest BCUT2D eigenvalue weighted by Gasteiger charge is -2.25. The van der Waals surface area contributed by atoms with Gasteiger partial charge in [-0.15, -0.1) is 0 Å². The first kappa shape index (κ1) is 10.9. The molecule has 86 valence electrons. The maximum atomic E-state index is 11.6. The van der Waals surface area contributed by atoms with Gasteiger partial charge >= 0.3 is 0 Å². The summed E-state index contributed by atoms with van der Waals surface area (Å²) in [5.41, 5.74) is 0. The zero-order valence-electron chi connectivity index (χ0n) is 9.46. The van der Waals surface area contributed by atoms with Crippen LogP contribution < -0.4 is 10.6 Å². The molecule has 0 aliphatic carbocycles. The van der Waals surface area contributed by atoms with Gasteiger partial charge in [0.25, 0.3) is 0 Å². The van der Waals surface area contributed by atoms with Crippen molar-refractivity contribution in [3.8, 4) is 0 Å². The highest BCUT2D eigenvalue weighted by Crippen LogP contribution is 2.19. The van der Waals surface area contributed by atoms with Crippen molar-refractivity contribution in [2.24, 2.45) is 0 Å². The summed E-state index contributed by atoms with van der Waals surface area (Å²) in [5, 5.41) is 6.25. The highest BCUT2D eigenvalue weighted by molar-refractivity contribution is 5.81. The third-order valence-electron chi connectivity index (χ3n) is 3.53. The maximum absolute atomic E-state index is 11.6. The van der Waals surface area contributed by atoms with Gasteiger partial charge in [-0.2, -0.15) is 0 Å². The molecule has 2 atom stereocenters. The number of amides is 1. The number of hydrogen-bond acceptors (Lipinski definition) is 3. The number of carbonyl (C=O) groups is 1. The van der Waals surface area contributed by atoms with Crippen molar-refractivity contribution in [2.45, 2.75) is 37.8 Å². The Hall–Kier alpha value is -0.610. The second kappa shape index (κ2) is 4.94. The quantitative estimate of drug-likeness (QED) is 0.688. The molecular weight excluding hydrogens is 190 g/mol. The van der Waals surface area contributed by atoms with Crippen LogP contribution in [0, 0.1) is 0 Å². The largest absolute Gasteiger partial charge is 0.358 e. The molecule has 15 heavy (non-hydrogen) atoms. The zero-order chi connectivity index (χ0) is 10.7. The SMILES string of the molecule is CNC(=O)C1CCCN1CC1CCCN1. The normalized spacial score (nSPS) is 32.1. The Balaban J connectivity index is 1.86. The lowest BCUT2D eigenvalue weighted by Crippen LogP contribution is -2.46. The van der Waals surface area contributed by atoms with E-state index in [0.29, 0.717) is 6.04 Å². The second-order valence-corrected chi connectivity index (χ2v) is 4.56. The van der Waals surface area contributed by atoms with Crippen LogP contribution in [0.3, 0.4) is 0 Å². The Morgan fingerprint density at radius 1 is 1.47 bits per heavy atom. The first-order chi connectivity index (χ1) is 7.31. The van der Waals surface area contributed by atoms with Gasteiger partial charge in [0.2, 0.25) is 5.91 Å². The van der Waals surface area contributed by atoms with Crippen molar-refractivity contribution in [2.75, 3.05) is 26.7 Å². The first-order valence-corrected chi connectivity index (χ1v) is 6.00. The van der Waals surface area contributed by atoms with Crippen LogP contribution >= 0.6 is 0 Å². The Morgan fingerprint density at radius 3 is 3.00 bits per heavy atom. The Morgan fingerprint density at radius 2 is 2.33 bits per heavy atom. The number of nitrogens with zero attached hydrogens (tertiary/aromatic N) is 1. The minimum atomic E-state index is 0.123. The van der Waals surface area contributed by atoms with Crippen molar-refractivity contribution in [3.63, 3.8) is 0 Å². The van der Waals surface area contributed by atoms with E-state index in [2.05, 4.69) is 15.5 Å². The predicted molar refractivity (Wildman–Crippen MR) is 59.7 cm³/mol. The van der Waals surface area contributed by atoms with Crippen LogP contribution in [0.5, 0.6) is 0 Å². The molecule has 2 aliphatic heterocycles. The minimum absolute atomic E-state index is 0.123. The number of nitrogens with one attached hydrogen (secondary N) is 2. The molecule has 0 bridgehead atoms. The molecule has 4 heteroatoms. The van der Waals surface area contributed by atoms with E-state index in [1.165, 1.54) is 12.8 Å². The van der Waals surface area contributed by atoms with Crippen LogP contribution in [0.4, 0.5) is 0 Å². The van der Waals surface area contributed by atoms with Gasteiger partial charge in [0.1, 0.15) is 0 Å². The van der Waals surface area contributed by atoms with Gasteiger partial charge in [-0.25, -0.2) is 0 Å². The number of likely N-dealkylation sites (tertiary alicyclic amines) is 1. The Labute approximate surface area is 91.4 Å². The van der Waals surface area contributed by atoms with E-state index in [1.807, 2.05) is 0 Å². The van der Waals surface area contributed by atoms with Crippen LogP contribution in [0.25, 0.3) is 0 Å². The van der Waals surface area contributed by atoms with Crippen LogP contribution in [-0.4, -0.2) is 49.6 Å². The van der Waals surface area contributed by atoms with Gasteiger partial charge in [-0.1, -0.05) is 0 Å². The summed E-state index contributed by atoms with van der Waals surface area (Å²) in [6.45, 7) is 3.26. The monoisotopic (exact) mass is 211 g/mol. The summed E-state index contributed by atoms with van der Waals surface area (Å²) in [4.78, 5) is 14.0. The zero-order valence-corrected chi connectivity index (χ0v) is 9.46. The standard InChI is InChI=1S/C11H21N3O/c1-12-11(15)10-5-3-7-14(10)8-9-4-2-6-13-9/h9-10,13H,2-8H2,1H3,(H,12,15). The van der Waals surface area contributed by atoms with E-state index in [0.717, 1.165) is 32.5 Å². The Kier molecular flexibility index (Phi) is 3.59. The minimum Gasteiger partial charge on any atom is -0.358 e. The molecule has 2 aliphatic rings. The molecule has 2 saturated heterocycles. The smallest absolute Gasteiger partial charge is 0.237 e. The average Bonchev–Trinajstić information content (AvgIpc) is 2.88. The highest BCUT2D eigenvalue weighted by Gasteiger charge is 2.31. The van der Waals surface area contributed by atoms with Crippen LogP contribution in [-0.2, 0) is 4.79 Å². The van der Waals surface area contributed by atoms with Gasteiger partial charge in [0, 0.05) is 19.6 Å². The molecular formula is C11H21N3O. The van der Waals surface area contributed by atoms with E-state index in [-0.39, 0.29) is 11.9 Å². The van der Waals surface area contributed by atoms with E-state index in [4.69, 9.17) is 0 Å². The van der Waals surface area contributed by atoms with Crippen LogP contribution in [0.15, 0.2) is 0 Å². The van der Waals surface area contributed by atoms with Crippen LogP contribution in [0.2, 0.25) is 0 Å². The van der Waals surface area contributed by atoms with E-state index < -0.39 is 0 Å². The summed E-state index contributed by atoms with van der Waals surface area (Å²) >= 11 is 0.